The monoisotopic (exact) mass is 534 g/mol. The van der Waals surface area contributed by atoms with Gasteiger partial charge in [-0.25, -0.2) is 9.97 Å². The number of methoxy groups -OCH3 is 2. The number of halogens is 2. The fourth-order valence-corrected chi connectivity index (χ4v) is 4.77. The van der Waals surface area contributed by atoms with E-state index >= 15 is 0 Å². The van der Waals surface area contributed by atoms with Crippen LogP contribution in [0.25, 0.3) is 39.3 Å². The van der Waals surface area contributed by atoms with Crippen LogP contribution >= 0.6 is 23.2 Å². The van der Waals surface area contributed by atoms with Crippen LogP contribution < -0.4 is 9.47 Å². The average molecular weight is 535 g/mol. The van der Waals surface area contributed by atoms with E-state index in [4.69, 9.17) is 32.7 Å². The predicted molar refractivity (Wildman–Crippen MR) is 142 cm³/mol. The molecule has 0 radical (unpaired) electrons. The first-order chi connectivity index (χ1) is 18.0. The predicted octanol–water partition coefficient (Wildman–Crippen LogP) is 5.75. The number of carbonyl (C=O) groups excluding carboxylic acids is 1. The molecule has 10 heteroatoms. The van der Waals surface area contributed by atoms with Crippen molar-refractivity contribution in [3.05, 3.63) is 82.4 Å². The lowest BCUT2D eigenvalue weighted by Gasteiger charge is -2.14. The van der Waals surface area contributed by atoms with Gasteiger partial charge in [0.1, 0.15) is 0 Å². The molecule has 0 saturated carbocycles. The number of hydrogen-bond acceptors (Lipinski definition) is 7. The van der Waals surface area contributed by atoms with E-state index in [1.165, 1.54) is 7.11 Å². The summed E-state index contributed by atoms with van der Waals surface area (Å²) in [4.78, 5) is 24.6. The zero-order valence-corrected chi connectivity index (χ0v) is 21.3. The van der Waals surface area contributed by atoms with Crippen LogP contribution in [0.5, 0.6) is 11.6 Å². The van der Waals surface area contributed by atoms with Crippen molar-refractivity contribution in [2.75, 3.05) is 14.2 Å². The molecular weight excluding hydrogens is 515 g/mol. The van der Waals surface area contributed by atoms with Crippen molar-refractivity contribution >= 4 is 35.1 Å². The standard InChI is InChI=1S/C27H20Cl2N4O4/c1-36-22-10-16(11-33-12-17(14-35)31-26(22)33)25-24(29)19(8-9-30-25)18-4-3-5-20(23(18)28)21-7-6-15(13-34)27(32-21)37-2/h3-13,35H,14H2,1-2H3. The first kappa shape index (κ1) is 24.7. The summed E-state index contributed by atoms with van der Waals surface area (Å²) < 4.78 is 12.5. The molecule has 1 aromatic carbocycles. The molecule has 0 atom stereocenters. The van der Waals surface area contributed by atoms with Gasteiger partial charge in [0, 0.05) is 40.8 Å². The molecule has 0 saturated heterocycles. The van der Waals surface area contributed by atoms with Crippen LogP contribution in [0.1, 0.15) is 16.1 Å². The van der Waals surface area contributed by atoms with Crippen LogP contribution in [0.15, 0.2) is 61.1 Å². The van der Waals surface area contributed by atoms with Gasteiger partial charge in [-0.2, -0.15) is 0 Å². The molecule has 8 nitrogen and oxygen atoms in total. The maximum absolute atomic E-state index is 11.3. The van der Waals surface area contributed by atoms with Crippen LogP contribution in [-0.2, 0) is 6.61 Å². The molecule has 5 rings (SSSR count). The number of nitrogens with zero attached hydrogens (tertiary/aromatic N) is 4. The molecule has 4 heterocycles. The molecule has 5 aromatic rings. The highest BCUT2D eigenvalue weighted by Crippen LogP contribution is 2.42. The Balaban J connectivity index is 1.63. The smallest absolute Gasteiger partial charge is 0.224 e. The van der Waals surface area contributed by atoms with Crippen LogP contribution in [0.3, 0.4) is 0 Å². The van der Waals surface area contributed by atoms with E-state index in [9.17, 15) is 9.90 Å². The van der Waals surface area contributed by atoms with Gasteiger partial charge in [0.2, 0.25) is 5.88 Å². The number of benzene rings is 1. The van der Waals surface area contributed by atoms with Crippen LogP contribution in [0.2, 0.25) is 10.0 Å². The number of imidazole rings is 1. The number of aliphatic hydroxyl groups excluding tert-OH is 1. The Morgan fingerprint density at radius 2 is 1.76 bits per heavy atom. The van der Waals surface area contributed by atoms with E-state index in [1.807, 2.05) is 24.4 Å². The number of fused-ring (bicyclic) bond motifs is 1. The number of rotatable bonds is 7. The Morgan fingerprint density at radius 1 is 0.973 bits per heavy atom. The second-order valence-electron chi connectivity index (χ2n) is 8.02. The van der Waals surface area contributed by atoms with Crippen molar-refractivity contribution in [3.63, 3.8) is 0 Å². The Bertz CT molecular complexity index is 1650. The van der Waals surface area contributed by atoms with Gasteiger partial charge in [-0.3, -0.25) is 9.78 Å². The van der Waals surface area contributed by atoms with Gasteiger partial charge in [0.25, 0.3) is 0 Å². The van der Waals surface area contributed by atoms with E-state index in [2.05, 4.69) is 15.0 Å². The number of ether oxygens (including phenoxy) is 2. The fourth-order valence-electron chi connectivity index (χ4n) is 4.12. The van der Waals surface area contributed by atoms with E-state index < -0.39 is 0 Å². The minimum Gasteiger partial charge on any atom is -0.493 e. The van der Waals surface area contributed by atoms with Crippen LogP contribution in [0, 0.1) is 0 Å². The summed E-state index contributed by atoms with van der Waals surface area (Å²) in [5, 5.41) is 10.3. The Labute approximate surface area is 222 Å². The first-order valence-corrected chi connectivity index (χ1v) is 11.9. The van der Waals surface area contributed by atoms with E-state index in [0.29, 0.717) is 72.6 Å². The topological polar surface area (TPSA) is 98.8 Å². The van der Waals surface area contributed by atoms with Crippen LogP contribution in [0.4, 0.5) is 0 Å². The third-order valence-corrected chi connectivity index (χ3v) is 6.68. The zero-order valence-electron chi connectivity index (χ0n) is 19.8. The summed E-state index contributed by atoms with van der Waals surface area (Å²) in [6, 6.07) is 12.5. The lowest BCUT2D eigenvalue weighted by atomic mass is 10.00. The maximum Gasteiger partial charge on any atom is 0.224 e. The molecule has 0 fully saturated rings. The molecule has 0 aliphatic rings. The molecular formula is C27H20Cl2N4O4. The van der Waals surface area contributed by atoms with Gasteiger partial charge < -0.3 is 19.0 Å². The van der Waals surface area contributed by atoms with Gasteiger partial charge in [-0.05, 0) is 24.3 Å². The molecule has 186 valence electrons. The summed E-state index contributed by atoms with van der Waals surface area (Å²) >= 11 is 13.8. The second kappa shape index (κ2) is 10.2. The van der Waals surface area contributed by atoms with E-state index in [1.54, 1.807) is 48.2 Å². The average Bonchev–Trinajstić information content (AvgIpc) is 3.36. The lowest BCUT2D eigenvalue weighted by molar-refractivity contribution is 0.112. The third kappa shape index (κ3) is 4.40. The summed E-state index contributed by atoms with van der Waals surface area (Å²) in [5.41, 5.74) is 5.22. The quantitative estimate of drug-likeness (QED) is 0.265. The molecule has 0 aliphatic carbocycles. The normalized spacial score (nSPS) is 11.1. The van der Waals surface area contributed by atoms with Crippen molar-refractivity contribution in [2.24, 2.45) is 0 Å². The largest absolute Gasteiger partial charge is 0.493 e. The number of aliphatic hydroxyl groups is 1. The highest BCUT2D eigenvalue weighted by Gasteiger charge is 2.19. The highest BCUT2D eigenvalue weighted by molar-refractivity contribution is 6.39. The van der Waals surface area contributed by atoms with Crippen molar-refractivity contribution in [1.82, 2.24) is 19.4 Å². The second-order valence-corrected chi connectivity index (χ2v) is 8.78. The van der Waals surface area contributed by atoms with Gasteiger partial charge in [0.05, 0.1) is 53.5 Å². The number of pyridine rings is 3. The van der Waals surface area contributed by atoms with Gasteiger partial charge in [-0.1, -0.05) is 41.4 Å². The van der Waals surface area contributed by atoms with Gasteiger partial charge >= 0.3 is 0 Å². The molecule has 0 unspecified atom stereocenters. The number of aldehydes is 1. The molecule has 0 spiro atoms. The fraction of sp³-hybridized carbons (Fsp3) is 0.111. The first-order valence-electron chi connectivity index (χ1n) is 11.1. The Kier molecular flexibility index (Phi) is 6.80. The minimum absolute atomic E-state index is 0.192. The summed E-state index contributed by atoms with van der Waals surface area (Å²) in [7, 11) is 3.00. The Hall–Kier alpha value is -3.98. The zero-order chi connectivity index (χ0) is 26.1. The molecule has 37 heavy (non-hydrogen) atoms. The van der Waals surface area contributed by atoms with Gasteiger partial charge in [0.15, 0.2) is 17.7 Å². The number of aromatic nitrogens is 4. The molecule has 4 aromatic heterocycles. The summed E-state index contributed by atoms with van der Waals surface area (Å²) in [6.07, 6.45) is 5.89. The Morgan fingerprint density at radius 3 is 2.49 bits per heavy atom. The number of hydrogen-bond donors (Lipinski definition) is 1. The molecule has 0 aliphatic heterocycles. The van der Waals surface area contributed by atoms with Crippen molar-refractivity contribution in [1.29, 1.82) is 0 Å². The summed E-state index contributed by atoms with van der Waals surface area (Å²) in [5.74, 6) is 0.727. The van der Waals surface area contributed by atoms with Crippen molar-refractivity contribution < 1.29 is 19.4 Å². The van der Waals surface area contributed by atoms with Gasteiger partial charge in [-0.15, -0.1) is 0 Å². The molecule has 1 N–H and O–H groups in total. The van der Waals surface area contributed by atoms with E-state index in [0.717, 1.165) is 0 Å². The van der Waals surface area contributed by atoms with Crippen LogP contribution in [-0.4, -0.2) is 45.0 Å². The molecule has 0 bridgehead atoms. The minimum atomic E-state index is -0.192. The molecule has 0 amide bonds. The van der Waals surface area contributed by atoms with Crippen molar-refractivity contribution in [3.8, 4) is 45.3 Å². The third-order valence-electron chi connectivity index (χ3n) is 5.89. The van der Waals surface area contributed by atoms with E-state index in [-0.39, 0.29) is 12.5 Å². The number of carbonyl (C=O) groups is 1. The highest BCUT2D eigenvalue weighted by atomic mass is 35.5. The SMILES string of the molecule is COc1nc(-c2cccc(-c3ccnc(-c4cc(OC)c5nc(CO)cn5c4)c3Cl)c2Cl)ccc1C=O. The summed E-state index contributed by atoms with van der Waals surface area (Å²) in [6.45, 7) is -0.192. The lowest BCUT2D eigenvalue weighted by Crippen LogP contribution is -1.97. The maximum atomic E-state index is 11.3. The van der Waals surface area contributed by atoms with Crippen molar-refractivity contribution in [2.45, 2.75) is 6.61 Å².